The van der Waals surface area contributed by atoms with Gasteiger partial charge in [-0.15, -0.1) is 11.3 Å². The highest BCUT2D eigenvalue weighted by Crippen LogP contribution is 2.38. The first-order chi connectivity index (χ1) is 13.7. The molecule has 2 aromatic heterocycles. The lowest BCUT2D eigenvalue weighted by atomic mass is 9.88. The summed E-state index contributed by atoms with van der Waals surface area (Å²) in [5.41, 5.74) is 0.594. The molecule has 0 radical (unpaired) electrons. The van der Waals surface area contributed by atoms with Crippen molar-refractivity contribution >= 4 is 23.1 Å². The van der Waals surface area contributed by atoms with Gasteiger partial charge in [-0.2, -0.15) is 4.98 Å². The van der Waals surface area contributed by atoms with Crippen LogP contribution in [-0.4, -0.2) is 60.2 Å². The number of anilines is 2. The molecule has 158 valence electrons. The van der Waals surface area contributed by atoms with Crippen LogP contribution in [0.25, 0.3) is 10.6 Å². The molecule has 0 bridgehead atoms. The molecule has 1 unspecified atom stereocenters. The van der Waals surface area contributed by atoms with Gasteiger partial charge in [-0.25, -0.2) is 9.97 Å². The van der Waals surface area contributed by atoms with Gasteiger partial charge in [0.1, 0.15) is 16.9 Å². The Morgan fingerprint density at radius 2 is 1.90 bits per heavy atom. The third kappa shape index (κ3) is 4.23. The third-order valence-electron chi connectivity index (χ3n) is 5.99. The van der Waals surface area contributed by atoms with Crippen LogP contribution in [0.3, 0.4) is 0 Å². The standard InChI is InChI=1S/C20H29N5O3S/c1-10-9-29-18(22-10)12-8-21-19(23-11-5-4-6-11)25-17(12)24-14-7-13(20(2,3)28)15(26)16(14)27/h8-9,11,13-16,26-28H,4-7H2,1-3H3,(H2,21,23,24,25)/t13?,14-,15-,16+/m1/s1. The van der Waals surface area contributed by atoms with E-state index >= 15 is 0 Å². The van der Waals surface area contributed by atoms with Gasteiger partial charge in [-0.1, -0.05) is 0 Å². The average Bonchev–Trinajstić information content (AvgIpc) is 3.17. The molecule has 0 spiro atoms. The van der Waals surface area contributed by atoms with Gasteiger partial charge in [0.15, 0.2) is 0 Å². The molecule has 0 aliphatic heterocycles. The smallest absolute Gasteiger partial charge is 0.224 e. The second-order valence-corrected chi connectivity index (χ2v) is 9.61. The monoisotopic (exact) mass is 419 g/mol. The van der Waals surface area contributed by atoms with Crippen molar-refractivity contribution in [3.63, 3.8) is 0 Å². The number of hydrogen-bond donors (Lipinski definition) is 5. The molecule has 2 heterocycles. The van der Waals surface area contributed by atoms with E-state index in [-0.39, 0.29) is 0 Å². The van der Waals surface area contributed by atoms with Crippen molar-refractivity contribution in [3.05, 3.63) is 17.3 Å². The summed E-state index contributed by atoms with van der Waals surface area (Å²) in [6, 6.07) is -0.0399. The lowest BCUT2D eigenvalue weighted by Crippen LogP contribution is -2.40. The molecule has 2 fully saturated rings. The van der Waals surface area contributed by atoms with Crippen LogP contribution < -0.4 is 10.6 Å². The minimum Gasteiger partial charge on any atom is -0.390 e. The second-order valence-electron chi connectivity index (χ2n) is 8.75. The number of nitrogens with zero attached hydrogens (tertiary/aromatic N) is 3. The van der Waals surface area contributed by atoms with Crippen molar-refractivity contribution in [2.24, 2.45) is 5.92 Å². The van der Waals surface area contributed by atoms with Gasteiger partial charge in [-0.05, 0) is 46.5 Å². The minimum absolute atomic E-state index is 0.397. The summed E-state index contributed by atoms with van der Waals surface area (Å²) in [6.07, 6.45) is 3.60. The molecule has 29 heavy (non-hydrogen) atoms. The van der Waals surface area contributed by atoms with E-state index in [0.29, 0.717) is 24.2 Å². The topological polar surface area (TPSA) is 123 Å². The van der Waals surface area contributed by atoms with Crippen LogP contribution in [0.1, 0.15) is 45.2 Å². The molecule has 2 saturated carbocycles. The first-order valence-electron chi connectivity index (χ1n) is 10.1. The van der Waals surface area contributed by atoms with E-state index in [9.17, 15) is 15.3 Å². The summed E-state index contributed by atoms with van der Waals surface area (Å²) in [6.45, 7) is 5.25. The molecule has 4 rings (SSSR count). The molecule has 8 nitrogen and oxygen atoms in total. The molecular formula is C20H29N5O3S. The quantitative estimate of drug-likeness (QED) is 0.483. The lowest BCUT2D eigenvalue weighted by molar-refractivity contribution is -0.0601. The number of aromatic nitrogens is 3. The van der Waals surface area contributed by atoms with Crippen molar-refractivity contribution in [3.8, 4) is 10.6 Å². The van der Waals surface area contributed by atoms with Crippen molar-refractivity contribution < 1.29 is 15.3 Å². The molecule has 2 aromatic rings. The summed E-state index contributed by atoms with van der Waals surface area (Å²) in [5, 5.41) is 40.8. The summed E-state index contributed by atoms with van der Waals surface area (Å²) in [5.74, 6) is 0.681. The van der Waals surface area contributed by atoms with Gasteiger partial charge >= 0.3 is 0 Å². The van der Waals surface area contributed by atoms with Gasteiger partial charge in [0, 0.05) is 29.2 Å². The van der Waals surface area contributed by atoms with E-state index in [1.54, 1.807) is 20.0 Å². The Morgan fingerprint density at radius 3 is 2.45 bits per heavy atom. The number of aryl methyl sites for hydroxylation is 1. The Bertz CT molecular complexity index is 864. The molecule has 0 aromatic carbocycles. The normalized spacial score (nSPS) is 27.7. The van der Waals surface area contributed by atoms with Crippen LogP contribution in [-0.2, 0) is 0 Å². The maximum Gasteiger partial charge on any atom is 0.224 e. The van der Waals surface area contributed by atoms with Crippen LogP contribution in [0.5, 0.6) is 0 Å². The third-order valence-corrected chi connectivity index (χ3v) is 6.98. The van der Waals surface area contributed by atoms with Crippen LogP contribution in [0, 0.1) is 12.8 Å². The van der Waals surface area contributed by atoms with Crippen LogP contribution in [0.15, 0.2) is 11.6 Å². The Kier molecular flexibility index (Phi) is 5.50. The Balaban J connectivity index is 1.62. The molecule has 2 aliphatic rings. The van der Waals surface area contributed by atoms with Gasteiger partial charge in [-0.3, -0.25) is 0 Å². The highest BCUT2D eigenvalue weighted by atomic mass is 32.1. The fraction of sp³-hybridized carbons (Fsp3) is 0.650. The first-order valence-corrected chi connectivity index (χ1v) is 11.0. The largest absolute Gasteiger partial charge is 0.390 e. The van der Waals surface area contributed by atoms with Gasteiger partial charge < -0.3 is 26.0 Å². The van der Waals surface area contributed by atoms with Crippen LogP contribution >= 0.6 is 11.3 Å². The summed E-state index contributed by atoms with van der Waals surface area (Å²) >= 11 is 1.51. The Morgan fingerprint density at radius 1 is 1.14 bits per heavy atom. The Labute approximate surface area is 174 Å². The van der Waals surface area contributed by atoms with E-state index in [1.807, 2.05) is 12.3 Å². The van der Waals surface area contributed by atoms with Crippen molar-refractivity contribution in [1.82, 2.24) is 15.0 Å². The number of rotatable bonds is 6. The SMILES string of the molecule is Cc1csc(-c2cnc(NC3CCC3)nc2N[C@@H]2CC(C(C)(C)O)[C@@H](O)[C@H]2O)n1. The summed E-state index contributed by atoms with van der Waals surface area (Å²) in [4.78, 5) is 13.7. The summed E-state index contributed by atoms with van der Waals surface area (Å²) in [7, 11) is 0. The van der Waals surface area contributed by atoms with E-state index < -0.39 is 29.8 Å². The highest BCUT2D eigenvalue weighted by Gasteiger charge is 2.47. The molecular weight excluding hydrogens is 390 g/mol. The number of thiazole rings is 1. The molecule has 2 aliphatic carbocycles. The van der Waals surface area contributed by atoms with Gasteiger partial charge in [0.25, 0.3) is 0 Å². The molecule has 4 atom stereocenters. The van der Waals surface area contributed by atoms with E-state index in [1.165, 1.54) is 17.8 Å². The lowest BCUT2D eigenvalue weighted by Gasteiger charge is -2.28. The number of aliphatic hydroxyl groups excluding tert-OH is 2. The zero-order chi connectivity index (χ0) is 20.8. The van der Waals surface area contributed by atoms with Crippen molar-refractivity contribution in [2.75, 3.05) is 10.6 Å². The van der Waals surface area contributed by atoms with E-state index in [4.69, 9.17) is 0 Å². The Hall–Kier alpha value is -1.81. The number of hydrogen-bond acceptors (Lipinski definition) is 9. The fourth-order valence-corrected chi connectivity index (χ4v) is 4.79. The second kappa shape index (κ2) is 7.79. The number of aliphatic hydroxyl groups is 3. The zero-order valence-electron chi connectivity index (χ0n) is 17.0. The predicted molar refractivity (Wildman–Crippen MR) is 113 cm³/mol. The maximum atomic E-state index is 10.6. The molecule has 0 saturated heterocycles. The summed E-state index contributed by atoms with van der Waals surface area (Å²) < 4.78 is 0. The van der Waals surface area contributed by atoms with Gasteiger partial charge in [0.05, 0.1) is 23.3 Å². The minimum atomic E-state index is -1.09. The predicted octanol–water partition coefficient (Wildman–Crippen LogP) is 2.17. The number of nitrogens with one attached hydrogen (secondary N) is 2. The molecule has 9 heteroatoms. The highest BCUT2D eigenvalue weighted by molar-refractivity contribution is 7.13. The van der Waals surface area contributed by atoms with Crippen molar-refractivity contribution in [2.45, 2.75) is 76.3 Å². The maximum absolute atomic E-state index is 10.6. The van der Waals surface area contributed by atoms with Crippen LogP contribution in [0.4, 0.5) is 11.8 Å². The van der Waals surface area contributed by atoms with E-state index in [2.05, 4.69) is 25.6 Å². The van der Waals surface area contributed by atoms with Gasteiger partial charge in [0.2, 0.25) is 5.95 Å². The average molecular weight is 420 g/mol. The van der Waals surface area contributed by atoms with Crippen LogP contribution in [0.2, 0.25) is 0 Å². The first kappa shape index (κ1) is 20.5. The fourth-order valence-electron chi connectivity index (χ4n) is 3.99. The molecule has 0 amide bonds. The van der Waals surface area contributed by atoms with Crippen molar-refractivity contribution in [1.29, 1.82) is 0 Å². The van der Waals surface area contributed by atoms with E-state index in [0.717, 1.165) is 29.1 Å². The molecule has 5 N–H and O–H groups in total. The zero-order valence-corrected chi connectivity index (χ0v) is 17.8.